The number of carbonyl (C=O) groups is 4. The number of aliphatic hydroxyl groups excluding tert-OH is 1. The number of aromatic nitrogens is 1. The first-order valence-corrected chi connectivity index (χ1v) is 15.9. The monoisotopic (exact) mass is 614 g/mol. The molecule has 3 N–H and O–H groups in total. The van der Waals surface area contributed by atoms with Crippen molar-refractivity contribution in [2.24, 2.45) is 5.41 Å². The van der Waals surface area contributed by atoms with Gasteiger partial charge in [0.15, 0.2) is 0 Å². The number of carbonyl (C=O) groups excluding carboxylic acids is 4. The van der Waals surface area contributed by atoms with E-state index in [2.05, 4.69) is 15.6 Å². The van der Waals surface area contributed by atoms with E-state index < -0.39 is 29.5 Å². The normalized spacial score (nSPS) is 18.2. The van der Waals surface area contributed by atoms with Crippen LogP contribution in [0.5, 0.6) is 0 Å². The fourth-order valence-corrected chi connectivity index (χ4v) is 6.03. The molecule has 0 radical (unpaired) electrons. The Morgan fingerprint density at radius 1 is 1.09 bits per heavy atom. The highest BCUT2D eigenvalue weighted by molar-refractivity contribution is 7.13. The number of nitrogens with zero attached hydrogens (tertiary/aromatic N) is 2. The van der Waals surface area contributed by atoms with Crippen LogP contribution in [-0.4, -0.2) is 70.0 Å². The Labute approximate surface area is 258 Å². The van der Waals surface area contributed by atoms with E-state index in [0.29, 0.717) is 32.3 Å². The molecule has 236 valence electrons. The molecule has 1 aliphatic heterocycles. The summed E-state index contributed by atoms with van der Waals surface area (Å²) in [5.74, 6) is -1.25. The lowest BCUT2D eigenvalue weighted by atomic mass is 9.85. The topological polar surface area (TPSA) is 138 Å². The highest BCUT2D eigenvalue weighted by atomic mass is 32.1. The van der Waals surface area contributed by atoms with Gasteiger partial charge in [-0.15, -0.1) is 11.3 Å². The number of aryl methyl sites for hydroxylation is 1. The third-order valence-corrected chi connectivity index (χ3v) is 8.63. The van der Waals surface area contributed by atoms with Crippen LogP contribution in [0.2, 0.25) is 0 Å². The van der Waals surface area contributed by atoms with Crippen LogP contribution >= 0.6 is 11.3 Å². The summed E-state index contributed by atoms with van der Waals surface area (Å²) in [6.07, 6.45) is 1.71. The van der Waals surface area contributed by atoms with E-state index in [4.69, 9.17) is 4.74 Å². The molecule has 43 heavy (non-hydrogen) atoms. The van der Waals surface area contributed by atoms with Crippen LogP contribution in [0, 0.1) is 12.3 Å². The van der Waals surface area contributed by atoms with E-state index >= 15 is 0 Å². The number of unbranched alkanes of at least 4 members (excludes halogenated alkanes) is 2. The molecule has 0 aliphatic carbocycles. The fourth-order valence-electron chi connectivity index (χ4n) is 5.21. The number of ether oxygens (including phenoxy) is 1. The van der Waals surface area contributed by atoms with Crippen molar-refractivity contribution in [3.63, 3.8) is 0 Å². The first-order valence-electron chi connectivity index (χ1n) is 15.1. The van der Waals surface area contributed by atoms with Gasteiger partial charge in [0, 0.05) is 25.8 Å². The number of β-amino-alcohol motifs (C(OH)–C–C–N with tert-alkyl or cyclic N) is 1. The third-order valence-electron chi connectivity index (χ3n) is 7.65. The van der Waals surface area contributed by atoms with Gasteiger partial charge in [0.2, 0.25) is 17.7 Å². The summed E-state index contributed by atoms with van der Waals surface area (Å²) in [7, 11) is 0. The van der Waals surface area contributed by atoms with Crippen LogP contribution in [0.1, 0.15) is 90.4 Å². The van der Waals surface area contributed by atoms with Gasteiger partial charge >= 0.3 is 5.97 Å². The molecule has 1 aromatic heterocycles. The van der Waals surface area contributed by atoms with Gasteiger partial charge in [-0.25, -0.2) is 4.98 Å². The smallest absolute Gasteiger partial charge is 0.305 e. The summed E-state index contributed by atoms with van der Waals surface area (Å²) in [5, 5.41) is 16.4. The molecule has 3 amide bonds. The summed E-state index contributed by atoms with van der Waals surface area (Å²) in [4.78, 5) is 58.4. The molecular formula is C32H46N4O6S. The summed E-state index contributed by atoms with van der Waals surface area (Å²) in [5.41, 5.74) is 4.13. The highest BCUT2D eigenvalue weighted by Crippen LogP contribution is 2.29. The maximum absolute atomic E-state index is 13.8. The zero-order valence-electron chi connectivity index (χ0n) is 26.1. The van der Waals surface area contributed by atoms with Crippen molar-refractivity contribution in [1.82, 2.24) is 20.5 Å². The first-order chi connectivity index (χ1) is 20.3. The van der Waals surface area contributed by atoms with Crippen LogP contribution < -0.4 is 10.6 Å². The van der Waals surface area contributed by atoms with Gasteiger partial charge in [0.1, 0.15) is 12.1 Å². The predicted octanol–water partition coefficient (Wildman–Crippen LogP) is 4.30. The lowest BCUT2D eigenvalue weighted by molar-refractivity contribution is -0.144. The second-order valence-electron chi connectivity index (χ2n) is 12.2. The molecule has 2 unspecified atom stereocenters. The van der Waals surface area contributed by atoms with Crippen molar-refractivity contribution in [3.8, 4) is 10.4 Å². The van der Waals surface area contributed by atoms with E-state index in [1.807, 2.05) is 64.4 Å². The highest BCUT2D eigenvalue weighted by Gasteiger charge is 2.44. The maximum atomic E-state index is 13.8. The Balaban J connectivity index is 1.60. The minimum Gasteiger partial charge on any atom is -0.466 e. The number of aliphatic hydroxyl groups is 1. The molecule has 1 aliphatic rings. The van der Waals surface area contributed by atoms with E-state index in [9.17, 15) is 24.3 Å². The molecule has 2 heterocycles. The van der Waals surface area contributed by atoms with E-state index in [1.54, 1.807) is 18.3 Å². The second-order valence-corrected chi connectivity index (χ2v) is 13.1. The van der Waals surface area contributed by atoms with E-state index in [0.717, 1.165) is 21.7 Å². The Kier molecular flexibility index (Phi) is 12.3. The van der Waals surface area contributed by atoms with E-state index in [1.165, 1.54) is 4.90 Å². The van der Waals surface area contributed by atoms with Gasteiger partial charge in [-0.1, -0.05) is 51.5 Å². The zero-order chi connectivity index (χ0) is 31.7. The summed E-state index contributed by atoms with van der Waals surface area (Å²) >= 11 is 1.58. The number of hydrogen-bond acceptors (Lipinski definition) is 8. The maximum Gasteiger partial charge on any atom is 0.305 e. The first kappa shape index (κ1) is 34.2. The van der Waals surface area contributed by atoms with Crippen LogP contribution in [-0.2, 0) is 23.9 Å². The lowest BCUT2D eigenvalue weighted by Crippen LogP contribution is -2.57. The Hall–Kier alpha value is -3.31. The molecule has 4 atom stereocenters. The standard InChI is InChI=1S/C32H46N4O6S/c1-7-42-27(39)12-10-8-9-11-26(38)35-29(32(4,5)6)31(41)36-18-24(37)17-25(36)30(40)34-20(2)22-13-15-23(16-14-22)28-21(3)33-19-43-28/h13-16,19-20,24-25,29,37H,7-12,17-18H2,1-6H3,(H,34,40)(H,35,38)/t20?,24-,25+,29?/m1/s1. The number of rotatable bonds is 13. The molecule has 0 spiro atoms. The van der Waals surface area contributed by atoms with Crippen LogP contribution in [0.4, 0.5) is 0 Å². The Morgan fingerprint density at radius 2 is 1.77 bits per heavy atom. The van der Waals surface area contributed by atoms with Crippen LogP contribution in [0.25, 0.3) is 10.4 Å². The van der Waals surface area contributed by atoms with Crippen molar-refractivity contribution in [2.75, 3.05) is 13.2 Å². The number of benzene rings is 1. The SMILES string of the molecule is CCOC(=O)CCCCCC(=O)NC(C(=O)N1C[C@H](O)C[C@H]1C(=O)NC(C)c1ccc(-c2scnc2C)cc1)C(C)(C)C. The summed E-state index contributed by atoms with van der Waals surface area (Å²) in [6.45, 7) is 11.6. The van der Waals surface area contributed by atoms with Crippen molar-refractivity contribution in [3.05, 3.63) is 41.0 Å². The van der Waals surface area contributed by atoms with Gasteiger partial charge in [-0.05, 0) is 50.2 Å². The van der Waals surface area contributed by atoms with Gasteiger partial charge in [0.25, 0.3) is 0 Å². The minimum absolute atomic E-state index is 0.0184. The Bertz CT molecular complexity index is 1260. The van der Waals surface area contributed by atoms with Crippen LogP contribution in [0.15, 0.2) is 29.8 Å². The number of likely N-dealkylation sites (tertiary alicyclic amines) is 1. The van der Waals surface area contributed by atoms with Crippen molar-refractivity contribution < 1.29 is 29.0 Å². The average molecular weight is 615 g/mol. The number of thiazole rings is 1. The van der Waals surface area contributed by atoms with Crippen molar-refractivity contribution >= 4 is 35.0 Å². The molecule has 10 nitrogen and oxygen atoms in total. The third kappa shape index (κ3) is 9.59. The van der Waals surface area contributed by atoms with E-state index in [-0.39, 0.29) is 43.2 Å². The molecule has 1 aromatic carbocycles. The second kappa shape index (κ2) is 15.4. The number of esters is 1. The van der Waals surface area contributed by atoms with Crippen molar-refractivity contribution in [1.29, 1.82) is 0 Å². The molecule has 0 bridgehead atoms. The summed E-state index contributed by atoms with van der Waals surface area (Å²) in [6, 6.07) is 5.90. The number of amides is 3. The minimum atomic E-state index is -0.875. The molecule has 3 rings (SSSR count). The largest absolute Gasteiger partial charge is 0.466 e. The number of nitrogens with one attached hydrogen (secondary N) is 2. The summed E-state index contributed by atoms with van der Waals surface area (Å²) < 4.78 is 4.92. The predicted molar refractivity (Wildman–Crippen MR) is 166 cm³/mol. The Morgan fingerprint density at radius 3 is 2.37 bits per heavy atom. The van der Waals surface area contributed by atoms with Gasteiger partial charge in [0.05, 0.1) is 34.8 Å². The van der Waals surface area contributed by atoms with Crippen molar-refractivity contribution in [2.45, 2.75) is 104 Å². The quantitative estimate of drug-likeness (QED) is 0.226. The molecule has 1 fully saturated rings. The van der Waals surface area contributed by atoms with Gasteiger partial charge < -0.3 is 25.4 Å². The number of hydrogen-bond donors (Lipinski definition) is 3. The fraction of sp³-hybridized carbons (Fsp3) is 0.594. The van der Waals surface area contributed by atoms with Gasteiger partial charge in [-0.2, -0.15) is 0 Å². The average Bonchev–Trinajstić information content (AvgIpc) is 3.56. The molecular weight excluding hydrogens is 568 g/mol. The molecule has 1 saturated heterocycles. The van der Waals surface area contributed by atoms with Gasteiger partial charge in [-0.3, -0.25) is 19.2 Å². The van der Waals surface area contributed by atoms with Crippen LogP contribution in [0.3, 0.4) is 0 Å². The lowest BCUT2D eigenvalue weighted by Gasteiger charge is -2.35. The zero-order valence-corrected chi connectivity index (χ0v) is 27.0. The molecule has 11 heteroatoms. The molecule has 2 aromatic rings. The molecule has 0 saturated carbocycles.